The molecule has 0 unspecified atom stereocenters. The topological polar surface area (TPSA) is 95.4 Å². The summed E-state index contributed by atoms with van der Waals surface area (Å²) in [6.45, 7) is 0.650. The molecule has 1 aromatic heterocycles. The molecule has 1 aromatic carbocycles. The highest BCUT2D eigenvalue weighted by Crippen LogP contribution is 2.12. The van der Waals surface area contributed by atoms with Gasteiger partial charge in [0.15, 0.2) is 5.69 Å². The van der Waals surface area contributed by atoms with Crippen LogP contribution in [0.15, 0.2) is 30.6 Å². The van der Waals surface area contributed by atoms with Gasteiger partial charge in [-0.2, -0.15) is 0 Å². The number of nitrogens with zero attached hydrogens (tertiary/aromatic N) is 3. The highest BCUT2D eigenvalue weighted by atomic mass is 19.1. The zero-order valence-corrected chi connectivity index (χ0v) is 13.3. The highest BCUT2D eigenvalue weighted by Gasteiger charge is 2.11. The fourth-order valence-electron chi connectivity index (χ4n) is 2.03. The van der Waals surface area contributed by atoms with E-state index in [1.807, 2.05) is 19.0 Å². The number of hydrogen-bond acceptors (Lipinski definition) is 5. The van der Waals surface area contributed by atoms with Gasteiger partial charge in [-0.1, -0.05) is 6.07 Å². The molecule has 0 bridgehead atoms. The molecule has 0 radical (unpaired) electrons. The number of rotatable bonds is 6. The Hall–Kier alpha value is -2.87. The molecule has 0 saturated carbocycles. The van der Waals surface area contributed by atoms with Crippen LogP contribution in [-0.2, 0) is 13.1 Å². The summed E-state index contributed by atoms with van der Waals surface area (Å²) in [6.07, 6.45) is 2.12. The summed E-state index contributed by atoms with van der Waals surface area (Å²) in [5.41, 5.74) is 1.06. The number of benzene rings is 1. The van der Waals surface area contributed by atoms with Crippen molar-refractivity contribution in [1.82, 2.24) is 20.2 Å². The number of carboxylic acid groups (broad SMARTS) is 1. The van der Waals surface area contributed by atoms with E-state index in [0.29, 0.717) is 12.1 Å². The van der Waals surface area contributed by atoms with Gasteiger partial charge >= 0.3 is 5.97 Å². The molecule has 2 N–H and O–H groups in total. The first-order valence-electron chi connectivity index (χ1n) is 7.12. The minimum atomic E-state index is -1.21. The summed E-state index contributed by atoms with van der Waals surface area (Å²) >= 11 is 0. The summed E-state index contributed by atoms with van der Waals surface area (Å²) in [7, 11) is 3.68. The van der Waals surface area contributed by atoms with Crippen molar-refractivity contribution in [1.29, 1.82) is 0 Å². The van der Waals surface area contributed by atoms with Crippen molar-refractivity contribution in [3.8, 4) is 0 Å². The van der Waals surface area contributed by atoms with Crippen molar-refractivity contribution in [2.24, 2.45) is 0 Å². The lowest BCUT2D eigenvalue weighted by Crippen LogP contribution is -2.24. The summed E-state index contributed by atoms with van der Waals surface area (Å²) < 4.78 is 13.7. The molecule has 0 spiro atoms. The molecular formula is C16H17FN4O3. The van der Waals surface area contributed by atoms with E-state index in [4.69, 9.17) is 5.11 Å². The maximum absolute atomic E-state index is 13.7. The first kappa shape index (κ1) is 17.5. The van der Waals surface area contributed by atoms with Crippen molar-refractivity contribution in [2.75, 3.05) is 14.1 Å². The summed E-state index contributed by atoms with van der Waals surface area (Å²) in [5, 5.41) is 11.4. The maximum Gasteiger partial charge on any atom is 0.356 e. The molecule has 2 aromatic rings. The van der Waals surface area contributed by atoms with Crippen LogP contribution in [-0.4, -0.2) is 45.9 Å². The van der Waals surface area contributed by atoms with Gasteiger partial charge in [0.25, 0.3) is 5.91 Å². The van der Waals surface area contributed by atoms with Crippen LogP contribution in [0.1, 0.15) is 32.1 Å². The quantitative estimate of drug-likeness (QED) is 0.828. The molecule has 0 aliphatic rings. The lowest BCUT2D eigenvalue weighted by Gasteiger charge is -2.12. The van der Waals surface area contributed by atoms with E-state index in [-0.39, 0.29) is 23.7 Å². The Morgan fingerprint density at radius 2 is 1.88 bits per heavy atom. The molecule has 0 fully saturated rings. The fourth-order valence-corrected chi connectivity index (χ4v) is 2.03. The van der Waals surface area contributed by atoms with Gasteiger partial charge in [-0.15, -0.1) is 0 Å². The van der Waals surface area contributed by atoms with Crippen LogP contribution < -0.4 is 5.32 Å². The Kier molecular flexibility index (Phi) is 5.54. The second-order valence-corrected chi connectivity index (χ2v) is 5.44. The van der Waals surface area contributed by atoms with E-state index >= 15 is 0 Å². The van der Waals surface area contributed by atoms with Crippen molar-refractivity contribution < 1.29 is 19.1 Å². The minimum Gasteiger partial charge on any atom is -0.476 e. The van der Waals surface area contributed by atoms with E-state index in [9.17, 15) is 14.0 Å². The Labute approximate surface area is 138 Å². The van der Waals surface area contributed by atoms with E-state index in [0.717, 1.165) is 18.0 Å². The van der Waals surface area contributed by atoms with Gasteiger partial charge in [0.2, 0.25) is 0 Å². The van der Waals surface area contributed by atoms with Crippen molar-refractivity contribution in [3.63, 3.8) is 0 Å². The molecule has 0 aliphatic carbocycles. The lowest BCUT2D eigenvalue weighted by molar-refractivity contribution is 0.0689. The smallest absolute Gasteiger partial charge is 0.356 e. The average molecular weight is 332 g/mol. The minimum absolute atomic E-state index is 0.00984. The van der Waals surface area contributed by atoms with Crippen LogP contribution in [0.2, 0.25) is 0 Å². The number of hydrogen-bond donors (Lipinski definition) is 2. The molecule has 0 atom stereocenters. The summed E-state index contributed by atoms with van der Waals surface area (Å²) in [6, 6.07) is 4.64. The largest absolute Gasteiger partial charge is 0.476 e. The van der Waals surface area contributed by atoms with E-state index in [1.54, 1.807) is 12.1 Å². The molecule has 24 heavy (non-hydrogen) atoms. The number of amides is 1. The monoisotopic (exact) mass is 332 g/mol. The van der Waals surface area contributed by atoms with Crippen molar-refractivity contribution >= 4 is 11.9 Å². The number of halogens is 1. The fraction of sp³-hybridized carbons (Fsp3) is 0.250. The van der Waals surface area contributed by atoms with Gasteiger partial charge in [0, 0.05) is 18.7 Å². The number of carbonyl (C=O) groups excluding carboxylic acids is 1. The highest BCUT2D eigenvalue weighted by molar-refractivity contribution is 5.92. The van der Waals surface area contributed by atoms with Gasteiger partial charge in [-0.05, 0) is 31.8 Å². The summed E-state index contributed by atoms with van der Waals surface area (Å²) in [4.78, 5) is 31.9. The van der Waals surface area contributed by atoms with Crippen LogP contribution in [0, 0.1) is 5.82 Å². The second-order valence-electron chi connectivity index (χ2n) is 5.44. The molecular weight excluding hydrogens is 315 g/mol. The molecule has 2 rings (SSSR count). The van der Waals surface area contributed by atoms with Crippen molar-refractivity contribution in [2.45, 2.75) is 13.1 Å². The SMILES string of the molecule is CN(C)Cc1cc(CNC(=O)c2cnc(C(=O)O)cn2)ccc1F. The third-order valence-corrected chi connectivity index (χ3v) is 3.15. The lowest BCUT2D eigenvalue weighted by atomic mass is 10.1. The number of aromatic nitrogens is 2. The van der Waals surface area contributed by atoms with Gasteiger partial charge < -0.3 is 15.3 Å². The predicted octanol–water partition coefficient (Wildman–Crippen LogP) is 1.31. The Morgan fingerprint density at radius 1 is 1.21 bits per heavy atom. The molecule has 7 nitrogen and oxygen atoms in total. The van der Waals surface area contributed by atoms with E-state index in [2.05, 4.69) is 15.3 Å². The van der Waals surface area contributed by atoms with E-state index < -0.39 is 11.9 Å². The third kappa shape index (κ3) is 4.56. The van der Waals surface area contributed by atoms with Gasteiger partial charge in [-0.3, -0.25) is 4.79 Å². The van der Waals surface area contributed by atoms with Gasteiger partial charge in [-0.25, -0.2) is 19.2 Å². The third-order valence-electron chi connectivity index (χ3n) is 3.15. The normalized spacial score (nSPS) is 10.7. The predicted molar refractivity (Wildman–Crippen MR) is 84.0 cm³/mol. The first-order valence-corrected chi connectivity index (χ1v) is 7.12. The van der Waals surface area contributed by atoms with Crippen LogP contribution in [0.5, 0.6) is 0 Å². The second kappa shape index (κ2) is 7.60. The Bertz CT molecular complexity index is 747. The molecule has 1 heterocycles. The standard InChI is InChI=1S/C16H17FN4O3/c1-21(2)9-11-5-10(3-4-12(11)17)6-20-15(22)13-7-19-14(8-18-13)16(23)24/h3-5,7-8H,6,9H2,1-2H3,(H,20,22)(H,23,24). The number of aromatic carboxylic acids is 1. The van der Waals surface area contributed by atoms with Gasteiger partial charge in [0.05, 0.1) is 12.4 Å². The van der Waals surface area contributed by atoms with Crippen LogP contribution in [0.3, 0.4) is 0 Å². The molecule has 0 saturated heterocycles. The van der Waals surface area contributed by atoms with Crippen molar-refractivity contribution in [3.05, 3.63) is 58.9 Å². The maximum atomic E-state index is 13.7. The number of nitrogens with one attached hydrogen (secondary N) is 1. The van der Waals surface area contributed by atoms with Gasteiger partial charge in [0.1, 0.15) is 11.5 Å². The molecule has 1 amide bonds. The molecule has 126 valence electrons. The zero-order chi connectivity index (χ0) is 17.7. The average Bonchev–Trinajstić information content (AvgIpc) is 2.55. The zero-order valence-electron chi connectivity index (χ0n) is 13.3. The number of carboxylic acids is 1. The first-order chi connectivity index (χ1) is 11.4. The van der Waals surface area contributed by atoms with Crippen LogP contribution in [0.4, 0.5) is 4.39 Å². The van der Waals surface area contributed by atoms with Crippen LogP contribution >= 0.6 is 0 Å². The Morgan fingerprint density at radius 3 is 2.46 bits per heavy atom. The van der Waals surface area contributed by atoms with E-state index in [1.165, 1.54) is 6.07 Å². The molecule has 8 heteroatoms. The Balaban J connectivity index is 2.02. The molecule has 0 aliphatic heterocycles. The summed E-state index contributed by atoms with van der Waals surface area (Å²) in [5.74, 6) is -2.00. The number of carbonyl (C=O) groups is 2. The van der Waals surface area contributed by atoms with Crippen LogP contribution in [0.25, 0.3) is 0 Å².